The lowest BCUT2D eigenvalue weighted by atomic mass is 10.0. The van der Waals surface area contributed by atoms with Crippen molar-refractivity contribution in [3.8, 4) is 23.0 Å². The number of rotatable bonds is 5. The predicted molar refractivity (Wildman–Crippen MR) is 92.9 cm³/mol. The van der Waals surface area contributed by atoms with Crippen LogP contribution in [0.3, 0.4) is 0 Å². The molecule has 0 aliphatic heterocycles. The van der Waals surface area contributed by atoms with E-state index in [9.17, 15) is 14.3 Å². The van der Waals surface area contributed by atoms with Crippen molar-refractivity contribution >= 4 is 16.7 Å². The van der Waals surface area contributed by atoms with E-state index in [4.69, 9.17) is 14.2 Å². The van der Waals surface area contributed by atoms with Crippen molar-refractivity contribution in [1.29, 1.82) is 0 Å². The molecule has 0 aliphatic rings. The van der Waals surface area contributed by atoms with Crippen LogP contribution in [0.2, 0.25) is 0 Å². The molecule has 0 atom stereocenters. The largest absolute Gasteiger partial charge is 0.507 e. The zero-order valence-corrected chi connectivity index (χ0v) is 14.4. The molecule has 0 aliphatic carbocycles. The van der Waals surface area contributed by atoms with Gasteiger partial charge in [0.25, 0.3) is 0 Å². The first-order valence-electron chi connectivity index (χ1n) is 7.62. The molecule has 26 heavy (non-hydrogen) atoms. The maximum atomic E-state index is 13.4. The van der Waals surface area contributed by atoms with Crippen LogP contribution in [-0.4, -0.2) is 37.2 Å². The highest BCUT2D eigenvalue weighted by atomic mass is 19.1. The number of fused-ring (bicyclic) bond motifs is 1. The number of carbonyl (C=O) groups is 1. The summed E-state index contributed by atoms with van der Waals surface area (Å²) in [6, 6.07) is 6.39. The Labute approximate surface area is 148 Å². The van der Waals surface area contributed by atoms with Crippen molar-refractivity contribution in [1.82, 2.24) is 4.98 Å². The number of phenolic OH excluding ortho intramolecular Hbond substituents is 1. The van der Waals surface area contributed by atoms with Crippen LogP contribution in [0.25, 0.3) is 10.9 Å². The summed E-state index contributed by atoms with van der Waals surface area (Å²) in [6.07, 6.45) is 1.35. The molecule has 3 aromatic rings. The van der Waals surface area contributed by atoms with Gasteiger partial charge in [0.2, 0.25) is 5.75 Å². The van der Waals surface area contributed by atoms with Crippen molar-refractivity contribution in [2.45, 2.75) is 0 Å². The fourth-order valence-corrected chi connectivity index (χ4v) is 2.71. The number of halogens is 1. The molecular formula is C19H16FNO5. The molecule has 0 unspecified atom stereocenters. The third kappa shape index (κ3) is 2.88. The summed E-state index contributed by atoms with van der Waals surface area (Å²) in [7, 11) is 4.43. The van der Waals surface area contributed by atoms with E-state index in [0.717, 1.165) is 18.2 Å². The van der Waals surface area contributed by atoms with Crippen LogP contribution in [0.1, 0.15) is 15.9 Å². The van der Waals surface area contributed by atoms with Gasteiger partial charge in [-0.1, -0.05) is 0 Å². The van der Waals surface area contributed by atoms with Crippen molar-refractivity contribution in [3.05, 3.63) is 53.5 Å². The van der Waals surface area contributed by atoms with Gasteiger partial charge < -0.3 is 19.3 Å². The van der Waals surface area contributed by atoms with E-state index < -0.39 is 11.6 Å². The summed E-state index contributed by atoms with van der Waals surface area (Å²) in [5.41, 5.74) is 0.550. The average Bonchev–Trinajstić information content (AvgIpc) is 2.67. The highest BCUT2D eigenvalue weighted by Gasteiger charge is 2.20. The summed E-state index contributed by atoms with van der Waals surface area (Å²) in [6.45, 7) is 0. The number of carbonyl (C=O) groups excluding carboxylic acids is 1. The maximum Gasteiger partial charge on any atom is 0.204 e. The Morgan fingerprint density at radius 1 is 1.04 bits per heavy atom. The van der Waals surface area contributed by atoms with E-state index in [0.29, 0.717) is 28.2 Å². The Hall–Kier alpha value is -3.35. The Balaban J connectivity index is 2.20. The summed E-state index contributed by atoms with van der Waals surface area (Å²) >= 11 is 0. The standard InChI is InChI=1S/C19H16FNO5/c1-24-16-8-14-12(18(25-2)19(16)26-3)6-10(9-21-14)17(23)13-7-11(20)4-5-15(13)22/h4-9,22H,1-3H3. The number of ether oxygens (including phenoxy) is 3. The van der Waals surface area contributed by atoms with E-state index in [1.54, 1.807) is 12.1 Å². The smallest absolute Gasteiger partial charge is 0.204 e. The van der Waals surface area contributed by atoms with E-state index in [1.807, 2.05) is 0 Å². The molecule has 0 saturated carbocycles. The maximum absolute atomic E-state index is 13.4. The number of hydrogen-bond donors (Lipinski definition) is 1. The molecule has 1 N–H and O–H groups in total. The lowest BCUT2D eigenvalue weighted by Crippen LogP contribution is -2.04. The molecule has 3 rings (SSSR count). The number of nitrogens with zero attached hydrogens (tertiary/aromatic N) is 1. The molecule has 0 bridgehead atoms. The van der Waals surface area contributed by atoms with Crippen molar-refractivity contribution < 1.29 is 28.5 Å². The molecule has 1 aromatic heterocycles. The SMILES string of the molecule is COc1cc2ncc(C(=O)c3cc(F)ccc3O)cc2c(OC)c1OC. The fraction of sp³-hybridized carbons (Fsp3) is 0.158. The van der Waals surface area contributed by atoms with Gasteiger partial charge in [0.1, 0.15) is 11.6 Å². The van der Waals surface area contributed by atoms with Gasteiger partial charge in [0.05, 0.1) is 32.4 Å². The number of phenols is 1. The minimum Gasteiger partial charge on any atom is -0.507 e. The summed E-state index contributed by atoms with van der Waals surface area (Å²) in [5.74, 6) is -0.339. The Morgan fingerprint density at radius 3 is 2.42 bits per heavy atom. The normalized spacial score (nSPS) is 10.6. The Bertz CT molecular complexity index is 1000. The molecule has 6 nitrogen and oxygen atoms in total. The second-order valence-electron chi connectivity index (χ2n) is 5.43. The summed E-state index contributed by atoms with van der Waals surface area (Å²) in [4.78, 5) is 16.9. The first-order valence-corrected chi connectivity index (χ1v) is 7.62. The lowest BCUT2D eigenvalue weighted by molar-refractivity contribution is 0.103. The van der Waals surface area contributed by atoms with E-state index >= 15 is 0 Å². The lowest BCUT2D eigenvalue weighted by Gasteiger charge is -2.15. The molecule has 134 valence electrons. The third-order valence-electron chi connectivity index (χ3n) is 3.95. The van der Waals surface area contributed by atoms with Gasteiger partial charge in [-0.05, 0) is 24.3 Å². The molecule has 2 aromatic carbocycles. The zero-order valence-electron chi connectivity index (χ0n) is 14.4. The van der Waals surface area contributed by atoms with Crippen LogP contribution >= 0.6 is 0 Å². The highest BCUT2D eigenvalue weighted by molar-refractivity contribution is 6.12. The zero-order chi connectivity index (χ0) is 18.8. The van der Waals surface area contributed by atoms with Gasteiger partial charge in [0, 0.05) is 23.2 Å². The van der Waals surface area contributed by atoms with Crippen molar-refractivity contribution in [2.24, 2.45) is 0 Å². The second-order valence-corrected chi connectivity index (χ2v) is 5.43. The van der Waals surface area contributed by atoms with Gasteiger partial charge >= 0.3 is 0 Å². The number of methoxy groups -OCH3 is 3. The number of hydrogen-bond acceptors (Lipinski definition) is 6. The van der Waals surface area contributed by atoms with Crippen molar-refractivity contribution in [2.75, 3.05) is 21.3 Å². The van der Waals surface area contributed by atoms with Gasteiger partial charge in [0.15, 0.2) is 17.3 Å². The average molecular weight is 357 g/mol. The van der Waals surface area contributed by atoms with Crippen LogP contribution in [0.4, 0.5) is 4.39 Å². The molecule has 0 amide bonds. The number of aromatic hydroxyl groups is 1. The Morgan fingerprint density at radius 2 is 1.77 bits per heavy atom. The molecular weight excluding hydrogens is 341 g/mol. The molecule has 0 fully saturated rings. The highest BCUT2D eigenvalue weighted by Crippen LogP contribution is 2.43. The molecule has 1 heterocycles. The number of ketones is 1. The number of pyridine rings is 1. The first kappa shape index (κ1) is 17.5. The second kappa shape index (κ2) is 6.87. The molecule has 7 heteroatoms. The van der Waals surface area contributed by atoms with E-state index in [-0.39, 0.29) is 16.9 Å². The van der Waals surface area contributed by atoms with E-state index in [2.05, 4.69) is 4.98 Å². The molecule has 0 radical (unpaired) electrons. The fourth-order valence-electron chi connectivity index (χ4n) is 2.71. The summed E-state index contributed by atoms with van der Waals surface area (Å²) in [5, 5.41) is 10.4. The first-order chi connectivity index (χ1) is 12.5. The third-order valence-corrected chi connectivity index (χ3v) is 3.95. The van der Waals surface area contributed by atoms with Gasteiger partial charge in [-0.2, -0.15) is 0 Å². The van der Waals surface area contributed by atoms with Crippen LogP contribution in [0, 0.1) is 5.82 Å². The quantitative estimate of drug-likeness (QED) is 0.706. The van der Waals surface area contributed by atoms with Crippen LogP contribution in [-0.2, 0) is 0 Å². The van der Waals surface area contributed by atoms with Gasteiger partial charge in [-0.25, -0.2) is 4.39 Å². The monoisotopic (exact) mass is 357 g/mol. The van der Waals surface area contributed by atoms with Crippen LogP contribution in [0.5, 0.6) is 23.0 Å². The Kier molecular flexibility index (Phi) is 4.62. The summed E-state index contributed by atoms with van der Waals surface area (Å²) < 4.78 is 29.5. The van der Waals surface area contributed by atoms with Crippen LogP contribution < -0.4 is 14.2 Å². The van der Waals surface area contributed by atoms with E-state index in [1.165, 1.54) is 27.5 Å². The molecule has 0 saturated heterocycles. The topological polar surface area (TPSA) is 77.9 Å². The van der Waals surface area contributed by atoms with Crippen molar-refractivity contribution in [3.63, 3.8) is 0 Å². The van der Waals surface area contributed by atoms with Gasteiger partial charge in [-0.15, -0.1) is 0 Å². The minimum atomic E-state index is -0.621. The van der Waals surface area contributed by atoms with Gasteiger partial charge in [-0.3, -0.25) is 9.78 Å². The number of aromatic nitrogens is 1. The minimum absolute atomic E-state index is 0.148. The predicted octanol–water partition coefficient (Wildman–Crippen LogP) is 3.34. The van der Waals surface area contributed by atoms with Crippen LogP contribution in [0.15, 0.2) is 36.5 Å². The molecule has 0 spiro atoms. The number of benzene rings is 2.